The predicted octanol–water partition coefficient (Wildman–Crippen LogP) is 6.86. The van der Waals surface area contributed by atoms with Crippen LogP contribution in [0.25, 0.3) is 0 Å². The summed E-state index contributed by atoms with van der Waals surface area (Å²) in [6, 6.07) is 0. The fraction of sp³-hybridized carbons (Fsp3) is 0.875. The Hall–Kier alpha value is 0.440. The van der Waals surface area contributed by atoms with Crippen molar-refractivity contribution in [1.29, 1.82) is 0 Å². The molecule has 2 heteroatoms. The lowest BCUT2D eigenvalue weighted by Gasteiger charge is -2.06. The van der Waals surface area contributed by atoms with Gasteiger partial charge in [0.1, 0.15) is 0 Å². The fourth-order valence-electron chi connectivity index (χ4n) is 1.58. The fourth-order valence-corrected chi connectivity index (χ4v) is 4.16. The van der Waals surface area contributed by atoms with Crippen molar-refractivity contribution in [1.82, 2.24) is 0 Å². The van der Waals surface area contributed by atoms with E-state index in [-0.39, 0.29) is 0 Å². The smallest absolute Gasteiger partial charge is 0.0360 e. The van der Waals surface area contributed by atoms with E-state index in [1.165, 1.54) is 69.3 Å². The summed E-state index contributed by atoms with van der Waals surface area (Å²) in [5.74, 6) is 2.60. The van der Waals surface area contributed by atoms with Gasteiger partial charge in [0, 0.05) is 4.24 Å². The second-order valence-electron chi connectivity index (χ2n) is 4.78. The van der Waals surface area contributed by atoms with Gasteiger partial charge in [-0.15, -0.1) is 23.5 Å². The number of hydrogen-bond acceptors (Lipinski definition) is 2. The predicted molar refractivity (Wildman–Crippen MR) is 91.6 cm³/mol. The molecule has 0 atom stereocenters. The first kappa shape index (κ1) is 18.4. The van der Waals surface area contributed by atoms with Gasteiger partial charge in [0.25, 0.3) is 0 Å². The summed E-state index contributed by atoms with van der Waals surface area (Å²) < 4.78 is 1.59. The van der Waals surface area contributed by atoms with Crippen LogP contribution >= 0.6 is 23.5 Å². The van der Waals surface area contributed by atoms with Crippen LogP contribution in [0.4, 0.5) is 0 Å². The number of thioether (sulfide) groups is 2. The molecule has 0 nitrogen and oxygen atoms in total. The van der Waals surface area contributed by atoms with Gasteiger partial charge in [-0.3, -0.25) is 0 Å². The molecule has 0 spiro atoms. The lowest BCUT2D eigenvalue weighted by Crippen LogP contribution is -1.83. The van der Waals surface area contributed by atoms with Gasteiger partial charge in [-0.25, -0.2) is 0 Å². The topological polar surface area (TPSA) is 0 Å². The van der Waals surface area contributed by atoms with Crippen LogP contribution in [0.2, 0.25) is 0 Å². The summed E-state index contributed by atoms with van der Waals surface area (Å²) >= 11 is 4.17. The lowest BCUT2D eigenvalue weighted by molar-refractivity contribution is 0.674. The molecular formula is C16H32S2. The highest BCUT2D eigenvalue weighted by atomic mass is 32.2. The molecule has 0 aromatic rings. The highest BCUT2D eigenvalue weighted by molar-refractivity contribution is 8.22. The maximum atomic E-state index is 2.50. The molecule has 0 radical (unpaired) electrons. The normalized spacial score (nSPS) is 10.6. The third kappa shape index (κ3) is 12.9. The minimum Gasteiger partial charge on any atom is -0.120 e. The Bertz CT molecular complexity index is 176. The quantitative estimate of drug-likeness (QED) is 0.339. The molecular weight excluding hydrogens is 256 g/mol. The maximum absolute atomic E-state index is 2.50. The van der Waals surface area contributed by atoms with E-state index in [0.29, 0.717) is 0 Å². The molecule has 0 amide bonds. The summed E-state index contributed by atoms with van der Waals surface area (Å²) in [5.41, 5.74) is 0. The van der Waals surface area contributed by atoms with E-state index in [0.717, 1.165) is 0 Å². The monoisotopic (exact) mass is 288 g/mol. The first-order valence-corrected chi connectivity index (χ1v) is 9.78. The molecule has 0 aliphatic heterocycles. The molecule has 18 heavy (non-hydrogen) atoms. The van der Waals surface area contributed by atoms with Gasteiger partial charge in [-0.2, -0.15) is 0 Å². The Morgan fingerprint density at radius 1 is 0.722 bits per heavy atom. The van der Waals surface area contributed by atoms with Crippen molar-refractivity contribution in [2.75, 3.05) is 11.5 Å². The zero-order valence-electron chi connectivity index (χ0n) is 12.7. The number of hydrogen-bond donors (Lipinski definition) is 0. The van der Waals surface area contributed by atoms with Crippen LogP contribution in [0.5, 0.6) is 0 Å². The molecule has 0 aromatic heterocycles. The molecule has 0 fully saturated rings. The highest BCUT2D eigenvalue weighted by Gasteiger charge is 1.99. The van der Waals surface area contributed by atoms with Gasteiger partial charge >= 0.3 is 0 Å². The first-order valence-electron chi connectivity index (χ1n) is 7.80. The van der Waals surface area contributed by atoms with Crippen LogP contribution in [0.1, 0.15) is 78.6 Å². The molecule has 0 aromatic carbocycles. The lowest BCUT2D eigenvalue weighted by atomic mass is 10.2. The van der Waals surface area contributed by atoms with Crippen molar-refractivity contribution in [3.8, 4) is 0 Å². The third-order valence-corrected chi connectivity index (χ3v) is 5.45. The van der Waals surface area contributed by atoms with Crippen molar-refractivity contribution in [3.05, 3.63) is 10.3 Å². The second-order valence-corrected chi connectivity index (χ2v) is 7.31. The Morgan fingerprint density at radius 2 is 1.28 bits per heavy atom. The minimum atomic E-state index is 1.29. The molecule has 0 N–H and O–H groups in total. The summed E-state index contributed by atoms with van der Waals surface area (Å²) in [6.45, 7) is 6.83. The van der Waals surface area contributed by atoms with Crippen LogP contribution in [0, 0.1) is 0 Å². The summed E-state index contributed by atoms with van der Waals surface area (Å²) in [7, 11) is 0. The zero-order chi connectivity index (χ0) is 13.5. The molecule has 0 aliphatic carbocycles. The zero-order valence-corrected chi connectivity index (χ0v) is 14.3. The van der Waals surface area contributed by atoms with Gasteiger partial charge < -0.3 is 0 Å². The van der Waals surface area contributed by atoms with Crippen LogP contribution in [-0.2, 0) is 0 Å². The summed E-state index contributed by atoms with van der Waals surface area (Å²) in [4.78, 5) is 0. The Kier molecular flexibility index (Phi) is 15.9. The van der Waals surface area contributed by atoms with E-state index in [1.807, 2.05) is 0 Å². The van der Waals surface area contributed by atoms with E-state index in [9.17, 15) is 0 Å². The van der Waals surface area contributed by atoms with E-state index < -0.39 is 0 Å². The number of unbranched alkanes of at least 4 members (excludes halogenated alkanes) is 6. The average molecular weight is 289 g/mol. The molecule has 0 bridgehead atoms. The number of rotatable bonds is 13. The van der Waals surface area contributed by atoms with Gasteiger partial charge in [-0.05, 0) is 37.2 Å². The second kappa shape index (κ2) is 15.5. The van der Waals surface area contributed by atoms with Crippen molar-refractivity contribution in [3.63, 3.8) is 0 Å². The van der Waals surface area contributed by atoms with Crippen LogP contribution in [0.3, 0.4) is 0 Å². The van der Waals surface area contributed by atoms with Crippen molar-refractivity contribution in [2.24, 2.45) is 0 Å². The van der Waals surface area contributed by atoms with Crippen LogP contribution < -0.4 is 0 Å². The first-order chi connectivity index (χ1) is 8.85. The van der Waals surface area contributed by atoms with E-state index in [4.69, 9.17) is 0 Å². The summed E-state index contributed by atoms with van der Waals surface area (Å²) in [6.07, 6.45) is 14.6. The SMILES string of the molecule is CCCCCCC=C(SCCCC)SCCCC. The largest absolute Gasteiger partial charge is 0.120 e. The van der Waals surface area contributed by atoms with Crippen LogP contribution in [0.15, 0.2) is 10.3 Å². The summed E-state index contributed by atoms with van der Waals surface area (Å²) in [5, 5.41) is 0. The Labute approximate surface area is 124 Å². The standard InChI is InChI=1S/C16H32S2/c1-4-7-10-11-12-13-16(17-14-8-5-2)18-15-9-6-3/h13H,4-12,14-15H2,1-3H3. The average Bonchev–Trinajstić information content (AvgIpc) is 2.38. The molecule has 0 saturated heterocycles. The Balaban J connectivity index is 3.81. The van der Waals surface area contributed by atoms with Crippen molar-refractivity contribution in [2.45, 2.75) is 78.6 Å². The van der Waals surface area contributed by atoms with E-state index in [2.05, 4.69) is 50.4 Å². The van der Waals surface area contributed by atoms with Crippen molar-refractivity contribution >= 4 is 23.5 Å². The van der Waals surface area contributed by atoms with Crippen molar-refractivity contribution < 1.29 is 0 Å². The molecule has 0 aliphatic rings. The van der Waals surface area contributed by atoms with E-state index >= 15 is 0 Å². The molecule has 0 rings (SSSR count). The number of allylic oxidation sites excluding steroid dienone is 1. The van der Waals surface area contributed by atoms with E-state index in [1.54, 1.807) is 4.24 Å². The molecule has 0 unspecified atom stereocenters. The van der Waals surface area contributed by atoms with Gasteiger partial charge in [0.2, 0.25) is 0 Å². The van der Waals surface area contributed by atoms with Gasteiger partial charge in [-0.1, -0.05) is 59.0 Å². The third-order valence-electron chi connectivity index (χ3n) is 2.85. The molecule has 0 heterocycles. The Morgan fingerprint density at radius 3 is 1.78 bits per heavy atom. The van der Waals surface area contributed by atoms with Gasteiger partial charge in [0.05, 0.1) is 0 Å². The van der Waals surface area contributed by atoms with Gasteiger partial charge in [0.15, 0.2) is 0 Å². The van der Waals surface area contributed by atoms with Crippen LogP contribution in [-0.4, -0.2) is 11.5 Å². The minimum absolute atomic E-state index is 1.29. The maximum Gasteiger partial charge on any atom is 0.0360 e. The highest BCUT2D eigenvalue weighted by Crippen LogP contribution is 2.30. The molecule has 0 saturated carbocycles. The molecule has 108 valence electrons.